The van der Waals surface area contributed by atoms with Crippen LogP contribution in [0.1, 0.15) is 51.2 Å². The van der Waals surface area contributed by atoms with E-state index in [4.69, 9.17) is 9.16 Å². The highest BCUT2D eigenvalue weighted by Crippen LogP contribution is 2.45. The quantitative estimate of drug-likeness (QED) is 0.198. The number of rotatable bonds is 13. The topological polar surface area (TPSA) is 105 Å². The van der Waals surface area contributed by atoms with Crippen molar-refractivity contribution < 1.29 is 29.0 Å². The third kappa shape index (κ3) is 6.54. The summed E-state index contributed by atoms with van der Waals surface area (Å²) < 4.78 is 13.3. The number of nitrogens with one attached hydrogen (secondary N) is 1. The van der Waals surface area contributed by atoms with Gasteiger partial charge in [-0.25, -0.2) is 4.79 Å². The maximum Gasteiger partial charge on any atom is 0.328 e. The largest absolute Gasteiger partial charge is 0.480 e. The first kappa shape index (κ1) is 32.1. The fourth-order valence-electron chi connectivity index (χ4n) is 7.35. The number of aryl methyl sites for hydroxylation is 1. The van der Waals surface area contributed by atoms with Crippen molar-refractivity contribution in [2.75, 3.05) is 13.2 Å². The lowest BCUT2D eigenvalue weighted by atomic mass is 9.75. The van der Waals surface area contributed by atoms with E-state index in [0.29, 0.717) is 13.0 Å². The van der Waals surface area contributed by atoms with Gasteiger partial charge in [-0.3, -0.25) is 4.79 Å². The van der Waals surface area contributed by atoms with Gasteiger partial charge in [-0.05, 0) is 58.6 Å². The lowest BCUT2D eigenvalue weighted by Crippen LogP contribution is -2.66. The molecule has 3 aromatic carbocycles. The molecule has 2 aliphatic rings. The predicted molar refractivity (Wildman–Crippen MR) is 174 cm³/mol. The number of ether oxygens (including phenoxy) is 1. The Hall–Kier alpha value is -3.30. The molecule has 2 aliphatic heterocycles. The number of benzene rings is 3. The molecule has 8 heteroatoms. The highest BCUT2D eigenvalue weighted by molar-refractivity contribution is 6.99. The summed E-state index contributed by atoms with van der Waals surface area (Å²) in [5.74, 6) is -2.07. The summed E-state index contributed by atoms with van der Waals surface area (Å²) in [6, 6.07) is 28.4. The average Bonchev–Trinajstić information content (AvgIpc) is 3.63. The maximum atomic E-state index is 13.2. The van der Waals surface area contributed by atoms with E-state index in [-0.39, 0.29) is 29.1 Å². The van der Waals surface area contributed by atoms with Crippen molar-refractivity contribution in [2.24, 2.45) is 11.8 Å². The third-order valence-electron chi connectivity index (χ3n) is 9.42. The first-order valence-corrected chi connectivity index (χ1v) is 17.7. The summed E-state index contributed by atoms with van der Waals surface area (Å²) in [5, 5.41) is 23.8. The van der Waals surface area contributed by atoms with Crippen molar-refractivity contribution in [1.29, 1.82) is 0 Å². The molecule has 1 unspecified atom stereocenters. The minimum Gasteiger partial charge on any atom is -0.480 e. The highest BCUT2D eigenvalue weighted by Gasteiger charge is 2.53. The van der Waals surface area contributed by atoms with Gasteiger partial charge in [-0.15, -0.1) is 0 Å². The van der Waals surface area contributed by atoms with Crippen molar-refractivity contribution in [2.45, 2.75) is 76.2 Å². The number of amides is 1. The molecule has 2 fully saturated rings. The molecular weight excluding hydrogens is 570 g/mol. The van der Waals surface area contributed by atoms with Gasteiger partial charge in [0, 0.05) is 12.5 Å². The van der Waals surface area contributed by atoms with Crippen LogP contribution in [0.25, 0.3) is 0 Å². The molecule has 0 radical (unpaired) electrons. The standard InChI is InChI=1S/C36H45NO6Si/c1-36(2,3)44(27-16-6-4-7-17-27,28-18-8-5-9-19-28)42-22-12-15-25-13-10-11-14-26(25)23-29-31-20-21-32(43-31)33(29)34(39)37-30(24-38)35(40)41/h4-11,13-14,16-19,29-33,38H,12,15,20-24H2,1-3H3,(H,37,39)(H,40,41)/t29?,30-,31-,32+,33-/m1/s1. The van der Waals surface area contributed by atoms with Gasteiger partial charge in [0.1, 0.15) is 6.04 Å². The van der Waals surface area contributed by atoms with Crippen molar-refractivity contribution in [3.63, 3.8) is 0 Å². The second-order valence-corrected chi connectivity index (χ2v) is 17.5. The minimum atomic E-state index is -2.61. The van der Waals surface area contributed by atoms with E-state index in [2.05, 4.69) is 105 Å². The van der Waals surface area contributed by atoms with Crippen molar-refractivity contribution in [1.82, 2.24) is 5.32 Å². The van der Waals surface area contributed by atoms with Crippen LogP contribution in [0.4, 0.5) is 0 Å². The van der Waals surface area contributed by atoms with E-state index in [1.54, 1.807) is 0 Å². The number of fused-ring (bicyclic) bond motifs is 2. The predicted octanol–water partition coefficient (Wildman–Crippen LogP) is 4.09. The SMILES string of the molecule is CC(C)(C)[Si](OCCCc1ccccc1CC1[C@@H](C(=O)N[C@H](CO)C(=O)O)[C@@H]2CC[C@H]1O2)(c1ccccc1)c1ccccc1. The molecule has 0 spiro atoms. The van der Waals surface area contributed by atoms with Gasteiger partial charge in [0.05, 0.1) is 24.7 Å². The summed E-state index contributed by atoms with van der Waals surface area (Å²) in [6.45, 7) is 6.85. The minimum absolute atomic E-state index is 0.0281. The zero-order valence-corrected chi connectivity index (χ0v) is 26.9. The van der Waals surface area contributed by atoms with Crippen LogP contribution < -0.4 is 15.7 Å². The van der Waals surface area contributed by atoms with Gasteiger partial charge in [-0.2, -0.15) is 0 Å². The summed E-state index contributed by atoms with van der Waals surface area (Å²) >= 11 is 0. The van der Waals surface area contributed by atoms with E-state index in [1.165, 1.54) is 21.5 Å². The summed E-state index contributed by atoms with van der Waals surface area (Å²) in [5.41, 5.74) is 2.42. The lowest BCUT2D eigenvalue weighted by molar-refractivity contribution is -0.144. The van der Waals surface area contributed by atoms with E-state index in [1.807, 2.05) is 6.07 Å². The molecule has 1 amide bonds. The highest BCUT2D eigenvalue weighted by atomic mass is 28.4. The van der Waals surface area contributed by atoms with Crippen molar-refractivity contribution in [3.8, 4) is 0 Å². The Kier molecular flexibility index (Phi) is 10.0. The van der Waals surface area contributed by atoms with Gasteiger partial charge in [0.25, 0.3) is 8.32 Å². The first-order chi connectivity index (χ1) is 21.2. The Bertz CT molecular complexity index is 1370. The number of hydrogen-bond acceptors (Lipinski definition) is 5. The first-order valence-electron chi connectivity index (χ1n) is 15.8. The normalized spacial score (nSPS) is 22.1. The van der Waals surface area contributed by atoms with E-state index in [0.717, 1.165) is 25.7 Å². The van der Waals surface area contributed by atoms with Gasteiger partial charge in [-0.1, -0.05) is 106 Å². The Morgan fingerprint density at radius 2 is 1.48 bits per heavy atom. The van der Waals surface area contributed by atoms with Gasteiger partial charge >= 0.3 is 5.97 Å². The number of aliphatic hydroxyl groups is 1. The molecule has 2 saturated heterocycles. The zero-order chi connectivity index (χ0) is 31.3. The van der Waals surface area contributed by atoms with E-state index >= 15 is 0 Å². The average molecular weight is 616 g/mol. The molecule has 0 saturated carbocycles. The van der Waals surface area contributed by atoms with Gasteiger partial charge < -0.3 is 24.7 Å². The second kappa shape index (κ2) is 13.8. The fraction of sp³-hybridized carbons (Fsp3) is 0.444. The Morgan fingerprint density at radius 3 is 2.05 bits per heavy atom. The molecule has 7 nitrogen and oxygen atoms in total. The Morgan fingerprint density at radius 1 is 0.909 bits per heavy atom. The molecule has 5 atom stereocenters. The number of carboxylic acids is 1. The van der Waals surface area contributed by atoms with Crippen LogP contribution in [-0.2, 0) is 31.6 Å². The zero-order valence-electron chi connectivity index (χ0n) is 25.9. The number of hydrogen-bond donors (Lipinski definition) is 3. The number of aliphatic carboxylic acids is 1. The van der Waals surface area contributed by atoms with Crippen LogP contribution in [0.2, 0.25) is 5.04 Å². The monoisotopic (exact) mass is 615 g/mol. The van der Waals surface area contributed by atoms with Crippen LogP contribution in [-0.4, -0.2) is 61.9 Å². The van der Waals surface area contributed by atoms with Crippen LogP contribution in [0, 0.1) is 11.8 Å². The molecule has 2 bridgehead atoms. The second-order valence-electron chi connectivity index (χ2n) is 13.2. The Balaban J connectivity index is 1.31. The smallest absolute Gasteiger partial charge is 0.328 e. The maximum absolute atomic E-state index is 13.2. The molecule has 2 heterocycles. The lowest BCUT2D eigenvalue weighted by Gasteiger charge is -2.43. The molecule has 3 N–H and O–H groups in total. The van der Waals surface area contributed by atoms with Gasteiger partial charge in [0.2, 0.25) is 5.91 Å². The van der Waals surface area contributed by atoms with Crippen molar-refractivity contribution in [3.05, 3.63) is 96.1 Å². The Labute approximate surface area is 261 Å². The summed E-state index contributed by atoms with van der Waals surface area (Å²) in [7, 11) is -2.61. The molecule has 0 aromatic heterocycles. The van der Waals surface area contributed by atoms with Crippen LogP contribution >= 0.6 is 0 Å². The van der Waals surface area contributed by atoms with E-state index in [9.17, 15) is 19.8 Å². The molecule has 5 rings (SSSR count). The molecule has 0 aliphatic carbocycles. The number of aliphatic hydroxyl groups excluding tert-OH is 1. The van der Waals surface area contributed by atoms with Crippen LogP contribution in [0.15, 0.2) is 84.9 Å². The molecular formula is C36H45NO6Si. The molecule has 234 valence electrons. The van der Waals surface area contributed by atoms with Gasteiger partial charge in [0.15, 0.2) is 0 Å². The fourth-order valence-corrected chi connectivity index (χ4v) is 12.0. The summed E-state index contributed by atoms with van der Waals surface area (Å²) in [6.07, 6.45) is 3.83. The van der Waals surface area contributed by atoms with Crippen LogP contribution in [0.5, 0.6) is 0 Å². The summed E-state index contributed by atoms with van der Waals surface area (Å²) in [4.78, 5) is 24.7. The van der Waals surface area contributed by atoms with E-state index < -0.39 is 32.9 Å². The number of carboxylic acid groups (broad SMARTS) is 1. The third-order valence-corrected chi connectivity index (χ3v) is 14.5. The van der Waals surface area contributed by atoms with Crippen molar-refractivity contribution >= 4 is 30.6 Å². The van der Waals surface area contributed by atoms with Crippen LogP contribution in [0.3, 0.4) is 0 Å². The number of carbonyl (C=O) groups is 2. The molecule has 3 aromatic rings. The number of carbonyl (C=O) groups excluding carboxylic acids is 1. The molecule has 44 heavy (non-hydrogen) atoms.